The van der Waals surface area contributed by atoms with E-state index in [2.05, 4.69) is 9.47 Å². The van der Waals surface area contributed by atoms with Gasteiger partial charge < -0.3 is 14.6 Å². The first-order chi connectivity index (χ1) is 10.7. The number of aromatic carboxylic acids is 1. The fraction of sp³-hybridized carbons (Fsp3) is 0.222. The van der Waals surface area contributed by atoms with Crippen molar-refractivity contribution in [2.75, 3.05) is 14.1 Å². The Hall–Kier alpha value is -2.31. The zero-order valence-corrected chi connectivity index (χ0v) is 7.44. The number of rotatable bonds is 4. The van der Waals surface area contributed by atoms with Crippen LogP contribution >= 0.6 is 0 Å². The Morgan fingerprint density at radius 3 is 2.50 bits per heavy atom. The van der Waals surface area contributed by atoms with E-state index in [1.807, 2.05) is 0 Å². The molecule has 7 nitrogen and oxygen atoms in total. The Kier molecular flexibility index (Phi) is 1.31. The molecule has 1 rings (SSSR count). The molecule has 0 aliphatic heterocycles. The number of carboxylic acids is 1. The van der Waals surface area contributed by atoms with Gasteiger partial charge in [-0.25, -0.2) is 4.79 Å². The van der Waals surface area contributed by atoms with Crippen molar-refractivity contribution in [2.24, 2.45) is 0 Å². The molecule has 0 unspecified atom stereocenters. The zero-order valence-electron chi connectivity index (χ0n) is 15.4. The number of nitro benzene ring substituents is 1. The van der Waals surface area contributed by atoms with Crippen LogP contribution in [0.15, 0.2) is 12.1 Å². The number of methoxy groups -OCH3 is 2. The van der Waals surface area contributed by atoms with Crippen molar-refractivity contribution in [2.45, 2.75) is 0 Å². The highest BCUT2D eigenvalue weighted by Gasteiger charge is 2.23. The van der Waals surface area contributed by atoms with Crippen molar-refractivity contribution in [3.63, 3.8) is 0 Å². The maximum Gasteiger partial charge on any atom is 0.342 e. The molecule has 0 aromatic heterocycles. The van der Waals surface area contributed by atoms with Gasteiger partial charge in [0.15, 0.2) is 11.5 Å². The lowest BCUT2D eigenvalue weighted by atomic mass is 10.1. The number of nitro groups is 1. The zero-order chi connectivity index (χ0) is 19.0. The van der Waals surface area contributed by atoms with Crippen LogP contribution in [0.1, 0.15) is 21.3 Å². The molecule has 0 spiro atoms. The summed E-state index contributed by atoms with van der Waals surface area (Å²) in [5, 5.41) is 20.0. The predicted molar refractivity (Wildman–Crippen MR) is 53.2 cm³/mol. The molecule has 86 valence electrons. The van der Waals surface area contributed by atoms with Crippen LogP contribution in [0.4, 0.5) is 5.69 Å². The molecule has 0 fully saturated rings. The van der Waals surface area contributed by atoms with Crippen molar-refractivity contribution in [1.82, 2.24) is 0 Å². The summed E-state index contributed by atoms with van der Waals surface area (Å²) >= 11 is 0. The Morgan fingerprint density at radius 1 is 1.50 bits per heavy atom. The fourth-order valence-electron chi connectivity index (χ4n) is 0.892. The van der Waals surface area contributed by atoms with Crippen molar-refractivity contribution in [1.29, 1.82) is 0 Å². The van der Waals surface area contributed by atoms with Gasteiger partial charge in [0.1, 0.15) is 5.56 Å². The number of carboxylic acid groups (broad SMARTS) is 1. The van der Waals surface area contributed by atoms with Crippen LogP contribution in [0.5, 0.6) is 11.5 Å². The largest absolute Gasteiger partial charge is 0.493 e. The van der Waals surface area contributed by atoms with Gasteiger partial charge in [-0.1, -0.05) is 0 Å². The highest BCUT2D eigenvalue weighted by molar-refractivity contribution is 5.93. The molecule has 0 saturated heterocycles. The number of benzene rings is 1. The van der Waals surface area contributed by atoms with Gasteiger partial charge in [-0.15, -0.1) is 0 Å². The topological polar surface area (TPSA) is 98.9 Å². The summed E-state index contributed by atoms with van der Waals surface area (Å²) in [5.41, 5.74) is -2.76. The van der Waals surface area contributed by atoms with Gasteiger partial charge in [-0.05, 0) is 0 Å². The third-order valence-corrected chi connectivity index (χ3v) is 1.51. The van der Waals surface area contributed by atoms with E-state index in [-0.39, 0.29) is 0 Å². The minimum absolute atomic E-state index is 1.22. The Labute approximate surface area is 102 Å². The van der Waals surface area contributed by atoms with Gasteiger partial charge in [-0.3, -0.25) is 10.1 Å². The van der Waals surface area contributed by atoms with Crippen LogP contribution in [0.3, 0.4) is 0 Å². The maximum atomic E-state index is 11.2. The standard InChI is InChI=1S/C9H9NO6/c1-15-7-3-5(9(11)12)6(10(13)14)4-8(7)16-2/h3-4H,1-2H3,(H,11,12)/i1D3,2D3,3D,4D. The first-order valence-corrected chi connectivity index (χ1v) is 3.58. The number of hydrogen-bond donors (Lipinski definition) is 1. The van der Waals surface area contributed by atoms with E-state index >= 15 is 0 Å². The van der Waals surface area contributed by atoms with Gasteiger partial charge in [0.05, 0.1) is 36.0 Å². The first kappa shape index (κ1) is 4.69. The van der Waals surface area contributed by atoms with Crippen molar-refractivity contribution in [3.05, 3.63) is 27.8 Å². The summed E-state index contributed by atoms with van der Waals surface area (Å²) in [4.78, 5) is 20.8. The summed E-state index contributed by atoms with van der Waals surface area (Å²) in [6.45, 7) is 0. The minimum atomic E-state index is -3.27. The van der Waals surface area contributed by atoms with E-state index in [0.29, 0.717) is 0 Å². The lowest BCUT2D eigenvalue weighted by Gasteiger charge is -2.08. The lowest BCUT2D eigenvalue weighted by molar-refractivity contribution is -0.385. The predicted octanol–water partition coefficient (Wildman–Crippen LogP) is 1.31. The average molecular weight is 235 g/mol. The van der Waals surface area contributed by atoms with Crippen LogP contribution in [-0.2, 0) is 0 Å². The van der Waals surface area contributed by atoms with E-state index in [1.165, 1.54) is 0 Å². The summed E-state index contributed by atoms with van der Waals surface area (Å²) < 4.78 is 65.7. The molecule has 0 radical (unpaired) electrons. The fourth-order valence-corrected chi connectivity index (χ4v) is 0.892. The SMILES string of the molecule is [2H]c1c(OC([2H])([2H])[2H])c(OC([2H])([2H])[2H])c([2H])c([N+](=O)[O-])c1C(=O)O. The minimum Gasteiger partial charge on any atom is -0.493 e. The molecule has 0 aliphatic rings. The smallest absolute Gasteiger partial charge is 0.342 e. The Bertz CT molecular complexity index is 638. The summed E-state index contributed by atoms with van der Waals surface area (Å²) in [5.74, 6) is -4.47. The van der Waals surface area contributed by atoms with Crippen molar-refractivity contribution < 1.29 is 35.3 Å². The first-order valence-electron chi connectivity index (χ1n) is 7.58. The third-order valence-electron chi connectivity index (χ3n) is 1.51. The van der Waals surface area contributed by atoms with Crippen molar-refractivity contribution in [3.8, 4) is 11.5 Å². The quantitative estimate of drug-likeness (QED) is 0.624. The normalized spacial score (nSPS) is 18.5. The van der Waals surface area contributed by atoms with Gasteiger partial charge in [0.2, 0.25) is 0 Å². The van der Waals surface area contributed by atoms with E-state index in [1.54, 1.807) is 0 Å². The van der Waals surface area contributed by atoms with Crippen molar-refractivity contribution >= 4 is 11.7 Å². The monoisotopic (exact) mass is 235 g/mol. The molecular weight excluding hydrogens is 218 g/mol. The molecule has 0 bridgehead atoms. The van der Waals surface area contributed by atoms with E-state index in [4.69, 9.17) is 16.1 Å². The van der Waals surface area contributed by atoms with E-state index in [0.717, 1.165) is 0 Å². The van der Waals surface area contributed by atoms with Gasteiger partial charge >= 0.3 is 5.97 Å². The summed E-state index contributed by atoms with van der Waals surface area (Å²) in [7, 11) is -6.53. The molecule has 0 heterocycles. The van der Waals surface area contributed by atoms with Gasteiger partial charge in [-0.2, -0.15) is 0 Å². The second-order valence-corrected chi connectivity index (χ2v) is 2.40. The summed E-state index contributed by atoms with van der Waals surface area (Å²) in [6.07, 6.45) is 0. The molecule has 1 aromatic carbocycles. The molecule has 1 N–H and O–H groups in total. The lowest BCUT2D eigenvalue weighted by Crippen LogP contribution is -2.04. The van der Waals surface area contributed by atoms with Crippen LogP contribution in [0, 0.1) is 10.1 Å². The molecule has 0 atom stereocenters. The molecule has 0 aliphatic carbocycles. The van der Waals surface area contributed by atoms with Gasteiger partial charge in [0.25, 0.3) is 5.69 Å². The molecule has 16 heavy (non-hydrogen) atoms. The Morgan fingerprint density at radius 2 is 2.06 bits per heavy atom. The molecule has 0 saturated carbocycles. The van der Waals surface area contributed by atoms with Crippen LogP contribution in [0.2, 0.25) is 0 Å². The second kappa shape index (κ2) is 4.47. The van der Waals surface area contributed by atoms with Crippen LogP contribution < -0.4 is 9.47 Å². The second-order valence-electron chi connectivity index (χ2n) is 2.40. The number of carbonyl (C=O) groups is 1. The van der Waals surface area contributed by atoms with Gasteiger partial charge in [0, 0.05) is 6.04 Å². The highest BCUT2D eigenvalue weighted by Crippen LogP contribution is 2.34. The Balaban J connectivity index is 3.89. The molecular formula is C9H9NO6. The van der Waals surface area contributed by atoms with E-state index < -0.39 is 59.8 Å². The van der Waals surface area contributed by atoms with Crippen LogP contribution in [0.25, 0.3) is 0 Å². The third kappa shape index (κ3) is 2.02. The molecule has 1 aromatic rings. The number of nitrogens with zero attached hydrogens (tertiary/aromatic N) is 1. The molecule has 0 amide bonds. The van der Waals surface area contributed by atoms with E-state index in [9.17, 15) is 14.9 Å². The average Bonchev–Trinajstić information content (AvgIpc) is 2.33. The van der Waals surface area contributed by atoms with Crippen LogP contribution in [-0.4, -0.2) is 30.1 Å². The highest BCUT2D eigenvalue weighted by atomic mass is 16.6. The summed E-state index contributed by atoms with van der Waals surface area (Å²) in [6, 6.07) is -2.65. The number of hydrogen-bond acceptors (Lipinski definition) is 5. The maximum absolute atomic E-state index is 11.2. The molecule has 7 heteroatoms. The number of ether oxygens (including phenoxy) is 2.